The van der Waals surface area contributed by atoms with E-state index in [1.807, 2.05) is 17.5 Å². The van der Waals surface area contributed by atoms with Crippen LogP contribution in [0.2, 0.25) is 0 Å². The average Bonchev–Trinajstić information content (AvgIpc) is 2.86. The quantitative estimate of drug-likeness (QED) is 0.279. The Morgan fingerprint density at radius 3 is 2.89 bits per heavy atom. The van der Waals surface area contributed by atoms with Crippen LogP contribution in [0, 0.1) is 5.21 Å². The molecule has 1 aromatic rings. The highest BCUT2D eigenvalue weighted by Gasteiger charge is 2.49. The van der Waals surface area contributed by atoms with Crippen molar-refractivity contribution >= 4 is 45.9 Å². The standard InChI is InChI=1S/C13H18N2OS3/c1-4-7-14-11(13(2,3)19-12(14)17)15(16)9-10-6-5-8-18-10/h5-6,8-9,11H,4,7H2,1-3H3. The average molecular weight is 315 g/mol. The summed E-state index contributed by atoms with van der Waals surface area (Å²) in [5.41, 5.74) is 0. The van der Waals surface area contributed by atoms with E-state index in [9.17, 15) is 5.21 Å². The van der Waals surface area contributed by atoms with Crippen molar-refractivity contribution in [3.63, 3.8) is 0 Å². The summed E-state index contributed by atoms with van der Waals surface area (Å²) in [4.78, 5) is 3.03. The smallest absolute Gasteiger partial charge is 0.254 e. The fourth-order valence-electron chi connectivity index (χ4n) is 2.27. The fraction of sp³-hybridized carbons (Fsp3) is 0.538. The molecular weight excluding hydrogens is 296 g/mol. The minimum atomic E-state index is -0.230. The van der Waals surface area contributed by atoms with Crippen molar-refractivity contribution in [2.24, 2.45) is 0 Å². The van der Waals surface area contributed by atoms with Gasteiger partial charge in [0.05, 0.1) is 4.88 Å². The van der Waals surface area contributed by atoms with Crippen molar-refractivity contribution in [2.45, 2.75) is 38.1 Å². The fourth-order valence-corrected chi connectivity index (χ4v) is 4.84. The van der Waals surface area contributed by atoms with Gasteiger partial charge in [0.15, 0.2) is 6.21 Å². The van der Waals surface area contributed by atoms with Gasteiger partial charge >= 0.3 is 0 Å². The van der Waals surface area contributed by atoms with Crippen LogP contribution in [0.15, 0.2) is 17.5 Å². The highest BCUT2D eigenvalue weighted by atomic mass is 32.2. The summed E-state index contributed by atoms with van der Waals surface area (Å²) in [5, 5.41) is 14.5. The predicted octanol–water partition coefficient (Wildman–Crippen LogP) is 3.53. The molecule has 1 unspecified atom stereocenters. The van der Waals surface area contributed by atoms with Crippen LogP contribution in [-0.4, -0.2) is 37.6 Å². The van der Waals surface area contributed by atoms with Gasteiger partial charge in [-0.3, -0.25) is 4.90 Å². The number of thiocarbonyl (C=S) groups is 1. The van der Waals surface area contributed by atoms with E-state index >= 15 is 0 Å². The maximum absolute atomic E-state index is 12.5. The minimum absolute atomic E-state index is 0.193. The molecule has 104 valence electrons. The first-order chi connectivity index (χ1) is 8.95. The Morgan fingerprint density at radius 1 is 1.58 bits per heavy atom. The van der Waals surface area contributed by atoms with Gasteiger partial charge in [-0.25, -0.2) is 0 Å². The summed E-state index contributed by atoms with van der Waals surface area (Å²) in [6.45, 7) is 7.10. The highest BCUT2D eigenvalue weighted by molar-refractivity contribution is 8.24. The Labute approximate surface area is 127 Å². The van der Waals surface area contributed by atoms with Crippen LogP contribution in [0.4, 0.5) is 0 Å². The van der Waals surface area contributed by atoms with Crippen LogP contribution >= 0.6 is 35.3 Å². The van der Waals surface area contributed by atoms with Gasteiger partial charge in [0.2, 0.25) is 0 Å². The van der Waals surface area contributed by atoms with Gasteiger partial charge in [-0.05, 0) is 31.7 Å². The molecule has 1 aliphatic rings. The third kappa shape index (κ3) is 3.12. The Morgan fingerprint density at radius 2 is 2.32 bits per heavy atom. The number of thioether (sulfide) groups is 1. The summed E-state index contributed by atoms with van der Waals surface area (Å²) in [6.07, 6.45) is 2.43. The lowest BCUT2D eigenvalue weighted by Gasteiger charge is -2.29. The Hall–Kier alpha value is -0.590. The predicted molar refractivity (Wildman–Crippen MR) is 88.2 cm³/mol. The van der Waals surface area contributed by atoms with Crippen molar-refractivity contribution in [3.8, 4) is 0 Å². The van der Waals surface area contributed by atoms with Crippen molar-refractivity contribution in [2.75, 3.05) is 6.54 Å². The molecule has 0 aromatic carbocycles. The number of rotatable bonds is 4. The molecule has 1 atom stereocenters. The second-order valence-electron chi connectivity index (χ2n) is 5.04. The molecule has 0 amide bonds. The lowest BCUT2D eigenvalue weighted by molar-refractivity contribution is -0.523. The van der Waals surface area contributed by atoms with E-state index in [1.54, 1.807) is 29.3 Å². The van der Waals surface area contributed by atoms with Crippen LogP contribution in [0.3, 0.4) is 0 Å². The molecule has 1 saturated heterocycles. The number of thiophene rings is 1. The monoisotopic (exact) mass is 314 g/mol. The molecule has 0 bridgehead atoms. The summed E-state index contributed by atoms with van der Waals surface area (Å²) < 4.78 is 1.70. The second-order valence-corrected chi connectivity index (χ2v) is 8.31. The second kappa shape index (κ2) is 5.81. The molecule has 0 saturated carbocycles. The van der Waals surface area contributed by atoms with E-state index in [1.165, 1.54) is 0 Å². The van der Waals surface area contributed by atoms with Crippen LogP contribution in [0.25, 0.3) is 0 Å². The topological polar surface area (TPSA) is 29.3 Å². The number of hydroxylamine groups is 1. The first-order valence-electron chi connectivity index (χ1n) is 6.29. The first-order valence-corrected chi connectivity index (χ1v) is 8.39. The number of hydrogen-bond donors (Lipinski definition) is 0. The lowest BCUT2D eigenvalue weighted by atomic mass is 10.1. The molecule has 3 nitrogen and oxygen atoms in total. The largest absolute Gasteiger partial charge is 0.622 e. The minimum Gasteiger partial charge on any atom is -0.622 e. The molecule has 19 heavy (non-hydrogen) atoms. The lowest BCUT2D eigenvalue weighted by Crippen LogP contribution is -2.48. The van der Waals surface area contributed by atoms with Gasteiger partial charge < -0.3 is 5.21 Å². The third-order valence-corrected chi connectivity index (χ3v) is 5.44. The van der Waals surface area contributed by atoms with Gasteiger partial charge in [-0.1, -0.05) is 37.0 Å². The molecule has 2 heterocycles. The third-order valence-electron chi connectivity index (χ3n) is 3.01. The van der Waals surface area contributed by atoms with Crippen LogP contribution in [-0.2, 0) is 0 Å². The SMILES string of the molecule is CCCN1C(=S)SC(C)(C)C1[N+]([O-])=Cc1cccs1. The highest BCUT2D eigenvalue weighted by Crippen LogP contribution is 2.41. The number of nitrogens with zero attached hydrogens (tertiary/aromatic N) is 2. The van der Waals surface area contributed by atoms with Crippen molar-refractivity contribution in [1.82, 2.24) is 4.90 Å². The zero-order valence-corrected chi connectivity index (χ0v) is 13.8. The van der Waals surface area contributed by atoms with E-state index in [4.69, 9.17) is 12.2 Å². The molecular formula is C13H18N2OS3. The maximum Gasteiger partial charge on any atom is 0.254 e. The van der Waals surface area contributed by atoms with E-state index in [0.29, 0.717) is 0 Å². The summed E-state index contributed by atoms with van der Waals surface area (Å²) in [7, 11) is 0. The van der Waals surface area contributed by atoms with Gasteiger partial charge in [0, 0.05) is 6.54 Å². The van der Waals surface area contributed by atoms with E-state index in [-0.39, 0.29) is 10.9 Å². The molecule has 1 aliphatic heterocycles. The molecule has 0 spiro atoms. The van der Waals surface area contributed by atoms with Crippen molar-refractivity contribution < 1.29 is 4.74 Å². The Balaban J connectivity index is 2.30. The van der Waals surface area contributed by atoms with Gasteiger partial charge in [-0.2, -0.15) is 4.74 Å². The summed E-state index contributed by atoms with van der Waals surface area (Å²) in [5.74, 6) is 0. The molecule has 0 radical (unpaired) electrons. The van der Waals surface area contributed by atoms with E-state index < -0.39 is 0 Å². The molecule has 2 rings (SSSR count). The van der Waals surface area contributed by atoms with Crippen molar-refractivity contribution in [1.29, 1.82) is 0 Å². The normalized spacial score (nSPS) is 23.1. The maximum atomic E-state index is 12.5. The van der Waals surface area contributed by atoms with Crippen molar-refractivity contribution in [3.05, 3.63) is 27.6 Å². The Bertz CT molecular complexity index is 482. The Kier molecular flexibility index (Phi) is 4.53. The molecule has 1 aromatic heterocycles. The molecule has 1 fully saturated rings. The van der Waals surface area contributed by atoms with Crippen LogP contribution in [0.1, 0.15) is 32.1 Å². The molecule has 6 heteroatoms. The van der Waals surface area contributed by atoms with Crippen LogP contribution < -0.4 is 0 Å². The van der Waals surface area contributed by atoms with E-state index in [0.717, 1.165) is 26.9 Å². The zero-order chi connectivity index (χ0) is 14.0. The molecule has 0 N–H and O–H groups in total. The van der Waals surface area contributed by atoms with Gasteiger partial charge in [-0.15, -0.1) is 11.3 Å². The van der Waals surface area contributed by atoms with E-state index in [2.05, 4.69) is 25.7 Å². The zero-order valence-electron chi connectivity index (χ0n) is 11.3. The van der Waals surface area contributed by atoms with Crippen LogP contribution in [0.5, 0.6) is 0 Å². The molecule has 0 aliphatic carbocycles. The summed E-state index contributed by atoms with van der Waals surface area (Å²) in [6, 6.07) is 3.90. The van der Waals surface area contributed by atoms with Gasteiger partial charge in [0.1, 0.15) is 9.07 Å². The van der Waals surface area contributed by atoms with Gasteiger partial charge in [0.25, 0.3) is 6.17 Å². The summed E-state index contributed by atoms with van der Waals surface area (Å²) >= 11 is 8.60. The number of hydrogen-bond acceptors (Lipinski definition) is 4. The first kappa shape index (κ1) is 14.8.